The Morgan fingerprint density at radius 3 is 2.56 bits per heavy atom. The lowest BCUT2D eigenvalue weighted by molar-refractivity contribution is 0.426. The molecule has 0 amide bonds. The van der Waals surface area contributed by atoms with E-state index in [-0.39, 0.29) is 6.04 Å². The average molecular weight is 241 g/mol. The number of hydrogen-bond acceptors (Lipinski definition) is 2. The third-order valence-electron chi connectivity index (χ3n) is 2.99. The second-order valence-corrected chi connectivity index (χ2v) is 4.52. The highest BCUT2D eigenvalue weighted by molar-refractivity contribution is 5.64. The van der Waals surface area contributed by atoms with Crippen LogP contribution in [0.2, 0.25) is 0 Å². The SMILES string of the molecule is C=C(CNC(C)c1ccc(C)o1)c1ccccc1. The van der Waals surface area contributed by atoms with Gasteiger partial charge in [0.2, 0.25) is 0 Å². The topological polar surface area (TPSA) is 25.2 Å². The summed E-state index contributed by atoms with van der Waals surface area (Å²) in [5, 5.41) is 3.42. The second kappa shape index (κ2) is 5.69. The molecule has 0 radical (unpaired) electrons. The van der Waals surface area contributed by atoms with Crippen LogP contribution in [0.25, 0.3) is 5.57 Å². The summed E-state index contributed by atoms with van der Waals surface area (Å²) < 4.78 is 5.59. The van der Waals surface area contributed by atoms with E-state index in [1.54, 1.807) is 0 Å². The summed E-state index contributed by atoms with van der Waals surface area (Å²) in [6.45, 7) is 8.91. The van der Waals surface area contributed by atoms with Gasteiger partial charge in [-0.25, -0.2) is 0 Å². The zero-order valence-corrected chi connectivity index (χ0v) is 10.9. The number of nitrogens with one attached hydrogen (secondary N) is 1. The number of hydrogen-bond donors (Lipinski definition) is 1. The molecule has 0 bridgehead atoms. The fourth-order valence-electron chi connectivity index (χ4n) is 1.84. The van der Waals surface area contributed by atoms with Crippen molar-refractivity contribution in [1.29, 1.82) is 0 Å². The Hall–Kier alpha value is -1.80. The van der Waals surface area contributed by atoms with Crippen LogP contribution in [0, 0.1) is 6.92 Å². The first-order valence-electron chi connectivity index (χ1n) is 6.19. The Morgan fingerprint density at radius 2 is 1.94 bits per heavy atom. The molecule has 1 heterocycles. The van der Waals surface area contributed by atoms with Crippen molar-refractivity contribution < 1.29 is 4.42 Å². The predicted molar refractivity (Wildman–Crippen MR) is 75.3 cm³/mol. The van der Waals surface area contributed by atoms with Crippen LogP contribution < -0.4 is 5.32 Å². The van der Waals surface area contributed by atoms with Gasteiger partial charge in [-0.15, -0.1) is 0 Å². The quantitative estimate of drug-likeness (QED) is 0.857. The molecule has 0 aliphatic heterocycles. The van der Waals surface area contributed by atoms with E-state index in [0.29, 0.717) is 0 Å². The fourth-order valence-corrected chi connectivity index (χ4v) is 1.84. The molecule has 1 aromatic carbocycles. The first-order chi connectivity index (χ1) is 8.66. The Balaban J connectivity index is 1.90. The summed E-state index contributed by atoms with van der Waals surface area (Å²) >= 11 is 0. The van der Waals surface area contributed by atoms with E-state index in [2.05, 4.69) is 31.0 Å². The summed E-state index contributed by atoms with van der Waals surface area (Å²) in [5.41, 5.74) is 2.26. The molecule has 0 aliphatic rings. The average Bonchev–Trinajstić information content (AvgIpc) is 2.83. The predicted octanol–water partition coefficient (Wildman–Crippen LogP) is 3.95. The van der Waals surface area contributed by atoms with Gasteiger partial charge >= 0.3 is 0 Å². The molecule has 0 aliphatic carbocycles. The van der Waals surface area contributed by atoms with Crippen molar-refractivity contribution in [2.24, 2.45) is 0 Å². The van der Waals surface area contributed by atoms with E-state index >= 15 is 0 Å². The molecule has 2 heteroatoms. The third-order valence-corrected chi connectivity index (χ3v) is 2.99. The summed E-state index contributed by atoms with van der Waals surface area (Å²) in [6.07, 6.45) is 0. The Morgan fingerprint density at radius 1 is 1.22 bits per heavy atom. The first kappa shape index (κ1) is 12.7. The number of furan rings is 1. The molecule has 1 aromatic heterocycles. The van der Waals surface area contributed by atoms with Crippen molar-refractivity contribution in [2.75, 3.05) is 6.54 Å². The molecular formula is C16H19NO. The summed E-state index contributed by atoms with van der Waals surface area (Å²) in [6, 6.07) is 14.4. The van der Waals surface area contributed by atoms with Crippen LogP contribution >= 0.6 is 0 Å². The van der Waals surface area contributed by atoms with E-state index in [0.717, 1.165) is 23.6 Å². The zero-order valence-electron chi connectivity index (χ0n) is 10.9. The molecule has 2 aromatic rings. The molecular weight excluding hydrogens is 222 g/mol. The maximum absolute atomic E-state index is 5.59. The molecule has 1 unspecified atom stereocenters. The van der Waals surface area contributed by atoms with Crippen LogP contribution in [0.15, 0.2) is 53.5 Å². The molecule has 0 spiro atoms. The highest BCUT2D eigenvalue weighted by Crippen LogP contribution is 2.17. The molecule has 2 rings (SSSR count). The van der Waals surface area contributed by atoms with Crippen molar-refractivity contribution >= 4 is 5.57 Å². The Labute approximate surface area is 108 Å². The van der Waals surface area contributed by atoms with Gasteiger partial charge in [0.15, 0.2) is 0 Å². The maximum Gasteiger partial charge on any atom is 0.120 e. The molecule has 2 nitrogen and oxygen atoms in total. The van der Waals surface area contributed by atoms with Gasteiger partial charge < -0.3 is 9.73 Å². The van der Waals surface area contributed by atoms with Gasteiger partial charge in [0.1, 0.15) is 11.5 Å². The first-order valence-corrected chi connectivity index (χ1v) is 6.19. The standard InChI is InChI=1S/C16H19NO/c1-12(15-7-5-4-6-8-15)11-17-14(3)16-10-9-13(2)18-16/h4-10,14,17H,1,11H2,2-3H3. The van der Waals surface area contributed by atoms with Crippen LogP contribution in [-0.4, -0.2) is 6.54 Å². The van der Waals surface area contributed by atoms with Crippen molar-refractivity contribution in [3.8, 4) is 0 Å². The molecule has 18 heavy (non-hydrogen) atoms. The highest BCUT2D eigenvalue weighted by atomic mass is 16.3. The lowest BCUT2D eigenvalue weighted by atomic mass is 10.1. The van der Waals surface area contributed by atoms with E-state index in [1.807, 2.05) is 37.3 Å². The maximum atomic E-state index is 5.59. The molecule has 94 valence electrons. The minimum absolute atomic E-state index is 0.194. The summed E-state index contributed by atoms with van der Waals surface area (Å²) in [4.78, 5) is 0. The number of rotatable bonds is 5. The second-order valence-electron chi connectivity index (χ2n) is 4.52. The molecule has 1 N–H and O–H groups in total. The monoisotopic (exact) mass is 241 g/mol. The number of aryl methyl sites for hydroxylation is 1. The molecule has 0 saturated carbocycles. The van der Waals surface area contributed by atoms with Gasteiger partial charge in [-0.3, -0.25) is 0 Å². The van der Waals surface area contributed by atoms with E-state index in [4.69, 9.17) is 4.42 Å². The van der Waals surface area contributed by atoms with E-state index in [1.165, 1.54) is 5.56 Å². The van der Waals surface area contributed by atoms with Crippen molar-refractivity contribution in [3.63, 3.8) is 0 Å². The third kappa shape index (κ3) is 3.11. The van der Waals surface area contributed by atoms with Crippen LogP contribution in [-0.2, 0) is 0 Å². The number of benzene rings is 1. The van der Waals surface area contributed by atoms with Crippen LogP contribution in [0.5, 0.6) is 0 Å². The van der Waals surface area contributed by atoms with Crippen LogP contribution in [0.1, 0.15) is 30.0 Å². The van der Waals surface area contributed by atoms with E-state index < -0.39 is 0 Å². The van der Waals surface area contributed by atoms with Crippen molar-refractivity contribution in [1.82, 2.24) is 5.32 Å². The highest BCUT2D eigenvalue weighted by Gasteiger charge is 2.09. The smallest absolute Gasteiger partial charge is 0.120 e. The Bertz CT molecular complexity index is 513. The largest absolute Gasteiger partial charge is 0.465 e. The van der Waals surface area contributed by atoms with Crippen LogP contribution in [0.3, 0.4) is 0 Å². The van der Waals surface area contributed by atoms with Gasteiger partial charge in [0, 0.05) is 6.54 Å². The minimum Gasteiger partial charge on any atom is -0.465 e. The summed E-state index contributed by atoms with van der Waals surface area (Å²) in [5.74, 6) is 1.91. The van der Waals surface area contributed by atoms with Gasteiger partial charge in [0.25, 0.3) is 0 Å². The lowest BCUT2D eigenvalue weighted by Gasteiger charge is -2.13. The fraction of sp³-hybridized carbons (Fsp3) is 0.250. The van der Waals surface area contributed by atoms with E-state index in [9.17, 15) is 0 Å². The van der Waals surface area contributed by atoms with Crippen molar-refractivity contribution in [2.45, 2.75) is 19.9 Å². The minimum atomic E-state index is 0.194. The molecule has 0 fully saturated rings. The molecule has 1 atom stereocenters. The summed E-state index contributed by atoms with van der Waals surface area (Å²) in [7, 11) is 0. The van der Waals surface area contributed by atoms with Gasteiger partial charge in [-0.05, 0) is 37.1 Å². The molecule has 0 saturated heterocycles. The van der Waals surface area contributed by atoms with Crippen molar-refractivity contribution in [3.05, 3.63) is 66.1 Å². The normalized spacial score (nSPS) is 12.3. The van der Waals surface area contributed by atoms with Gasteiger partial charge in [-0.1, -0.05) is 36.9 Å². The van der Waals surface area contributed by atoms with Crippen LogP contribution in [0.4, 0.5) is 0 Å². The Kier molecular flexibility index (Phi) is 4.00. The zero-order chi connectivity index (χ0) is 13.0. The van der Waals surface area contributed by atoms with Gasteiger partial charge in [-0.2, -0.15) is 0 Å². The van der Waals surface area contributed by atoms with Gasteiger partial charge in [0.05, 0.1) is 6.04 Å². The lowest BCUT2D eigenvalue weighted by Crippen LogP contribution is -2.20.